The van der Waals surface area contributed by atoms with Gasteiger partial charge in [0.1, 0.15) is 11.6 Å². The molecule has 2 N–H and O–H groups in total. The van der Waals surface area contributed by atoms with Crippen molar-refractivity contribution in [2.24, 2.45) is 0 Å². The Morgan fingerprint density at radius 3 is 2.20 bits per heavy atom. The molecule has 25 heavy (non-hydrogen) atoms. The summed E-state index contributed by atoms with van der Waals surface area (Å²) in [6.07, 6.45) is 2.19. The molecule has 0 aliphatic carbocycles. The number of hydrogen-bond acceptors (Lipinski definition) is 6. The van der Waals surface area contributed by atoms with Crippen LogP contribution in [0.4, 0.5) is 5.69 Å². The van der Waals surface area contributed by atoms with Crippen molar-refractivity contribution in [2.45, 2.75) is 4.90 Å². The van der Waals surface area contributed by atoms with Crippen LogP contribution < -0.4 is 5.32 Å². The minimum absolute atomic E-state index is 0.113. The van der Waals surface area contributed by atoms with Crippen molar-refractivity contribution in [3.8, 4) is 6.07 Å². The van der Waals surface area contributed by atoms with E-state index in [9.17, 15) is 18.0 Å². The molecular formula is C15H16N4O5S. The van der Waals surface area contributed by atoms with Gasteiger partial charge in [0.2, 0.25) is 6.41 Å². The highest BCUT2D eigenvalue weighted by Gasteiger charge is 2.16. The summed E-state index contributed by atoms with van der Waals surface area (Å²) in [4.78, 5) is 25.9. The lowest BCUT2D eigenvalue weighted by atomic mass is 10.2. The van der Waals surface area contributed by atoms with Crippen LogP contribution in [0.1, 0.15) is 0 Å². The van der Waals surface area contributed by atoms with Gasteiger partial charge in [0, 0.05) is 38.1 Å². The maximum Gasteiger partial charge on any atom is 0.294 e. The summed E-state index contributed by atoms with van der Waals surface area (Å²) in [6, 6.07) is 6.70. The molecule has 0 spiro atoms. The Bertz CT molecular complexity index is 818. The number of rotatable bonds is 5. The number of nitrogens with zero attached hydrogens (tertiary/aromatic N) is 3. The molecule has 0 bridgehead atoms. The van der Waals surface area contributed by atoms with Gasteiger partial charge in [-0.05, 0) is 24.3 Å². The number of nitriles is 1. The summed E-state index contributed by atoms with van der Waals surface area (Å²) >= 11 is 0. The molecule has 2 amide bonds. The van der Waals surface area contributed by atoms with Gasteiger partial charge in [0.25, 0.3) is 16.0 Å². The van der Waals surface area contributed by atoms with Gasteiger partial charge in [-0.3, -0.25) is 14.1 Å². The van der Waals surface area contributed by atoms with Crippen LogP contribution in [0.3, 0.4) is 0 Å². The molecule has 1 aromatic carbocycles. The monoisotopic (exact) mass is 364 g/mol. The lowest BCUT2D eigenvalue weighted by Gasteiger charge is -2.31. The van der Waals surface area contributed by atoms with E-state index >= 15 is 0 Å². The van der Waals surface area contributed by atoms with Gasteiger partial charge in [-0.1, -0.05) is 0 Å². The number of nitrogens with one attached hydrogen (secondary N) is 1. The molecule has 1 aliphatic heterocycles. The summed E-state index contributed by atoms with van der Waals surface area (Å²) in [7, 11) is -4.31. The van der Waals surface area contributed by atoms with Gasteiger partial charge in [-0.2, -0.15) is 13.7 Å². The summed E-state index contributed by atoms with van der Waals surface area (Å²) < 4.78 is 30.9. The van der Waals surface area contributed by atoms with Gasteiger partial charge in [0.05, 0.1) is 4.90 Å². The number of amides is 2. The highest BCUT2D eigenvalue weighted by molar-refractivity contribution is 7.85. The Kier molecular flexibility index (Phi) is 5.74. The predicted octanol–water partition coefficient (Wildman–Crippen LogP) is 0.0533. The zero-order chi connectivity index (χ0) is 18.4. The van der Waals surface area contributed by atoms with Crippen molar-refractivity contribution < 1.29 is 22.6 Å². The molecule has 0 saturated carbocycles. The second-order valence-corrected chi connectivity index (χ2v) is 6.71. The van der Waals surface area contributed by atoms with E-state index in [1.165, 1.54) is 18.3 Å². The van der Waals surface area contributed by atoms with E-state index in [1.54, 1.807) is 9.80 Å². The predicted molar refractivity (Wildman–Crippen MR) is 87.8 cm³/mol. The first-order chi connectivity index (χ1) is 11.8. The van der Waals surface area contributed by atoms with Gasteiger partial charge in [-0.25, -0.2) is 0 Å². The maximum absolute atomic E-state index is 12.2. The fraction of sp³-hybridized carbons (Fsp3) is 0.267. The molecule has 1 saturated heterocycles. The minimum Gasteiger partial charge on any atom is -0.373 e. The van der Waals surface area contributed by atoms with E-state index < -0.39 is 16.0 Å². The van der Waals surface area contributed by atoms with Crippen molar-refractivity contribution in [1.29, 1.82) is 5.26 Å². The maximum atomic E-state index is 12.2. The Morgan fingerprint density at radius 2 is 1.72 bits per heavy atom. The van der Waals surface area contributed by atoms with Crippen molar-refractivity contribution in [2.75, 3.05) is 31.5 Å². The first-order valence-electron chi connectivity index (χ1n) is 7.27. The molecule has 0 radical (unpaired) electrons. The number of carbonyl (C=O) groups excluding carboxylic acids is 2. The van der Waals surface area contributed by atoms with Crippen LogP contribution >= 0.6 is 0 Å². The minimum atomic E-state index is -4.31. The van der Waals surface area contributed by atoms with Gasteiger partial charge < -0.3 is 15.1 Å². The number of carbonyl (C=O) groups is 2. The van der Waals surface area contributed by atoms with E-state index in [2.05, 4.69) is 5.32 Å². The van der Waals surface area contributed by atoms with Crippen LogP contribution in [0.2, 0.25) is 0 Å². The van der Waals surface area contributed by atoms with Gasteiger partial charge >= 0.3 is 0 Å². The molecule has 10 heteroatoms. The van der Waals surface area contributed by atoms with Crippen molar-refractivity contribution in [1.82, 2.24) is 9.80 Å². The van der Waals surface area contributed by atoms with Crippen LogP contribution in [-0.2, 0) is 19.7 Å². The van der Waals surface area contributed by atoms with Crippen molar-refractivity contribution >= 4 is 28.1 Å². The quantitative estimate of drug-likeness (QED) is 0.327. The van der Waals surface area contributed by atoms with Crippen LogP contribution in [0.25, 0.3) is 0 Å². The summed E-state index contributed by atoms with van der Waals surface area (Å²) in [5.41, 5.74) is 0.169. The molecule has 1 aromatic rings. The molecule has 2 rings (SSSR count). The molecule has 132 valence electrons. The highest BCUT2D eigenvalue weighted by Crippen LogP contribution is 2.14. The van der Waals surface area contributed by atoms with Gasteiger partial charge in [0.15, 0.2) is 0 Å². The molecule has 0 aromatic heterocycles. The summed E-state index contributed by atoms with van der Waals surface area (Å²) in [5.74, 6) is -0.639. The second-order valence-electron chi connectivity index (χ2n) is 5.29. The fourth-order valence-corrected chi connectivity index (χ4v) is 2.68. The highest BCUT2D eigenvalue weighted by atomic mass is 32.2. The van der Waals surface area contributed by atoms with E-state index in [0.717, 1.165) is 18.5 Å². The van der Waals surface area contributed by atoms with Crippen LogP contribution in [0, 0.1) is 11.3 Å². The Labute approximate surface area is 144 Å². The third-order valence-electron chi connectivity index (χ3n) is 3.58. The number of benzene rings is 1. The Hall–Kier alpha value is -2.90. The van der Waals surface area contributed by atoms with E-state index in [0.29, 0.717) is 26.2 Å². The molecule has 9 nitrogen and oxygen atoms in total. The van der Waals surface area contributed by atoms with Crippen molar-refractivity contribution in [3.05, 3.63) is 36.0 Å². The van der Waals surface area contributed by atoms with Crippen LogP contribution in [0.15, 0.2) is 40.9 Å². The number of piperazine rings is 1. The SMILES string of the molecule is N#C/C(=C/N1CCN(C=O)CC1)C(=O)Nc1ccc(S(=O)(=O)O)cc1. The largest absolute Gasteiger partial charge is 0.373 e. The molecule has 1 fully saturated rings. The average molecular weight is 364 g/mol. The van der Waals surface area contributed by atoms with E-state index in [4.69, 9.17) is 9.81 Å². The van der Waals surface area contributed by atoms with Crippen LogP contribution in [0.5, 0.6) is 0 Å². The fourth-order valence-electron chi connectivity index (χ4n) is 2.20. The first-order valence-corrected chi connectivity index (χ1v) is 8.71. The zero-order valence-corrected chi connectivity index (χ0v) is 13.9. The topological polar surface area (TPSA) is 131 Å². The lowest BCUT2D eigenvalue weighted by Crippen LogP contribution is -2.43. The smallest absolute Gasteiger partial charge is 0.294 e. The Morgan fingerprint density at radius 1 is 1.16 bits per heavy atom. The van der Waals surface area contributed by atoms with E-state index in [-0.39, 0.29) is 16.2 Å². The standard InChI is InChI=1S/C15H16N4O5S/c16-9-12(10-18-5-7-19(11-20)8-6-18)15(21)17-13-1-3-14(4-2-13)25(22,23)24/h1-4,10-11H,5-8H2,(H,17,21)(H,22,23,24)/b12-10-. The van der Waals surface area contributed by atoms with Crippen molar-refractivity contribution in [3.63, 3.8) is 0 Å². The molecule has 1 heterocycles. The summed E-state index contributed by atoms with van der Waals surface area (Å²) in [5, 5.41) is 11.7. The molecule has 0 unspecified atom stereocenters. The van der Waals surface area contributed by atoms with Gasteiger partial charge in [-0.15, -0.1) is 0 Å². The normalized spacial score (nSPS) is 15.4. The van der Waals surface area contributed by atoms with Crippen LogP contribution in [-0.4, -0.2) is 61.3 Å². The third-order valence-corrected chi connectivity index (χ3v) is 4.45. The third kappa shape index (κ3) is 5.03. The second kappa shape index (κ2) is 7.78. The zero-order valence-electron chi connectivity index (χ0n) is 13.1. The average Bonchev–Trinajstić information content (AvgIpc) is 2.59. The molecular weight excluding hydrogens is 348 g/mol. The van der Waals surface area contributed by atoms with E-state index in [1.807, 2.05) is 6.07 Å². The lowest BCUT2D eigenvalue weighted by molar-refractivity contribution is -0.119. The Balaban J connectivity index is 2.04. The first kappa shape index (κ1) is 18.4. The molecule has 1 aliphatic rings. The molecule has 0 atom stereocenters. The summed E-state index contributed by atoms with van der Waals surface area (Å²) in [6.45, 7) is 2.05. The number of anilines is 1. The number of hydrogen-bond donors (Lipinski definition) is 2.